The van der Waals surface area contributed by atoms with Gasteiger partial charge >= 0.3 is 0 Å². The minimum atomic E-state index is -0.223. The molecular weight excluding hydrogens is 392 g/mol. The first kappa shape index (κ1) is 20.9. The van der Waals surface area contributed by atoms with Gasteiger partial charge in [0.05, 0.1) is 0 Å². The highest BCUT2D eigenvalue weighted by atomic mass is 35.5. The molecule has 29 heavy (non-hydrogen) atoms. The monoisotopic (exact) mass is 414 g/mol. The fourth-order valence-electron chi connectivity index (χ4n) is 3.11. The predicted molar refractivity (Wildman–Crippen MR) is 110 cm³/mol. The third-order valence-corrected chi connectivity index (χ3v) is 4.94. The quantitative estimate of drug-likeness (QED) is 0.505. The number of nitrogens with zero attached hydrogens (tertiary/aromatic N) is 1. The van der Waals surface area contributed by atoms with E-state index in [9.17, 15) is 14.4 Å². The van der Waals surface area contributed by atoms with Crippen LogP contribution in [0.25, 0.3) is 0 Å². The molecule has 0 bridgehead atoms. The summed E-state index contributed by atoms with van der Waals surface area (Å²) in [7, 11) is 0. The first-order valence-electron chi connectivity index (χ1n) is 9.60. The number of carbonyl (C=O) groups excluding carboxylic acids is 3. The largest absolute Gasteiger partial charge is 0.484 e. The van der Waals surface area contributed by atoms with Crippen molar-refractivity contribution in [1.29, 1.82) is 0 Å². The number of amides is 2. The van der Waals surface area contributed by atoms with E-state index in [1.165, 1.54) is 0 Å². The van der Waals surface area contributed by atoms with Crippen molar-refractivity contribution >= 4 is 29.2 Å². The molecule has 0 spiro atoms. The summed E-state index contributed by atoms with van der Waals surface area (Å²) in [5.41, 5.74) is 1.08. The maximum absolute atomic E-state index is 12.4. The lowest BCUT2D eigenvalue weighted by molar-refractivity contribution is -0.127. The maximum Gasteiger partial charge on any atom is 0.257 e. The van der Waals surface area contributed by atoms with Gasteiger partial charge in [-0.1, -0.05) is 11.6 Å². The number of nitrogens with one attached hydrogen (secondary N) is 1. The second kappa shape index (κ2) is 10.1. The van der Waals surface area contributed by atoms with Crippen molar-refractivity contribution in [3.63, 3.8) is 0 Å². The highest BCUT2D eigenvalue weighted by Crippen LogP contribution is 2.17. The van der Waals surface area contributed by atoms with Crippen LogP contribution >= 0.6 is 11.6 Å². The normalized spacial score (nSPS) is 13.4. The standard InChI is InChI=1S/C22H23ClN2O4/c23-18-8-4-16(5-9-18)22(28)17-6-10-19(11-7-17)29-15-20(26)24-12-2-14-25-13-1-3-21(25)27/h4-11H,1-3,12-15H2,(H,24,26). The van der Waals surface area contributed by atoms with Gasteiger partial charge in [-0.25, -0.2) is 0 Å². The highest BCUT2D eigenvalue weighted by molar-refractivity contribution is 6.30. The first-order valence-corrected chi connectivity index (χ1v) is 9.98. The second-order valence-electron chi connectivity index (χ2n) is 6.84. The van der Waals surface area contributed by atoms with E-state index < -0.39 is 0 Å². The van der Waals surface area contributed by atoms with Crippen molar-refractivity contribution in [2.45, 2.75) is 19.3 Å². The summed E-state index contributed by atoms with van der Waals surface area (Å²) in [5.74, 6) is 0.370. The van der Waals surface area contributed by atoms with Crippen molar-refractivity contribution in [2.24, 2.45) is 0 Å². The molecule has 0 aliphatic carbocycles. The van der Waals surface area contributed by atoms with Gasteiger partial charge < -0.3 is 15.0 Å². The van der Waals surface area contributed by atoms with Gasteiger partial charge in [0.25, 0.3) is 5.91 Å². The minimum absolute atomic E-state index is 0.104. The molecule has 3 rings (SSSR count). The molecule has 0 saturated carbocycles. The minimum Gasteiger partial charge on any atom is -0.484 e. The molecule has 0 atom stereocenters. The fraction of sp³-hybridized carbons (Fsp3) is 0.318. The molecule has 2 aromatic rings. The van der Waals surface area contributed by atoms with E-state index in [4.69, 9.17) is 16.3 Å². The van der Waals surface area contributed by atoms with Crippen LogP contribution in [-0.4, -0.2) is 48.7 Å². The molecule has 0 radical (unpaired) electrons. The van der Waals surface area contributed by atoms with Crippen molar-refractivity contribution in [3.8, 4) is 5.75 Å². The molecule has 7 heteroatoms. The lowest BCUT2D eigenvalue weighted by Crippen LogP contribution is -2.33. The average Bonchev–Trinajstić information content (AvgIpc) is 3.15. The number of ether oxygens (including phenoxy) is 1. The Morgan fingerprint density at radius 1 is 1.03 bits per heavy atom. The zero-order valence-corrected chi connectivity index (χ0v) is 16.8. The van der Waals surface area contributed by atoms with Crippen molar-refractivity contribution in [1.82, 2.24) is 10.2 Å². The Bertz CT molecular complexity index is 865. The Morgan fingerprint density at radius 3 is 2.31 bits per heavy atom. The third-order valence-electron chi connectivity index (χ3n) is 4.69. The number of ketones is 1. The van der Waals surface area contributed by atoms with Gasteiger partial charge in [-0.3, -0.25) is 14.4 Å². The number of hydrogen-bond donors (Lipinski definition) is 1. The molecule has 2 aromatic carbocycles. The number of rotatable bonds is 9. The van der Waals surface area contributed by atoms with Crippen LogP contribution in [0.15, 0.2) is 48.5 Å². The molecule has 1 fully saturated rings. The lowest BCUT2D eigenvalue weighted by Gasteiger charge is -2.15. The first-order chi connectivity index (χ1) is 14.0. The van der Waals surface area contributed by atoms with Gasteiger partial charge in [0.15, 0.2) is 12.4 Å². The van der Waals surface area contributed by atoms with Crippen LogP contribution in [0.2, 0.25) is 5.02 Å². The van der Waals surface area contributed by atoms with Gasteiger partial charge in [0.1, 0.15) is 5.75 Å². The van der Waals surface area contributed by atoms with E-state index in [2.05, 4.69) is 5.32 Å². The van der Waals surface area contributed by atoms with E-state index in [1.807, 2.05) is 4.90 Å². The molecule has 6 nitrogen and oxygen atoms in total. The van der Waals surface area contributed by atoms with Crippen LogP contribution < -0.4 is 10.1 Å². The van der Waals surface area contributed by atoms with E-state index in [-0.39, 0.29) is 24.2 Å². The van der Waals surface area contributed by atoms with Crippen LogP contribution in [0.1, 0.15) is 35.2 Å². The number of carbonyl (C=O) groups is 3. The summed E-state index contributed by atoms with van der Waals surface area (Å²) < 4.78 is 5.47. The van der Waals surface area contributed by atoms with Crippen LogP contribution in [0.3, 0.4) is 0 Å². The Balaban J connectivity index is 1.39. The number of likely N-dealkylation sites (tertiary alicyclic amines) is 1. The summed E-state index contributed by atoms with van der Waals surface area (Å²) in [4.78, 5) is 37.7. The van der Waals surface area contributed by atoms with Crippen LogP contribution in [0.5, 0.6) is 5.75 Å². The summed E-state index contributed by atoms with van der Waals surface area (Å²) in [6, 6.07) is 13.4. The Labute approximate surface area is 174 Å². The zero-order valence-electron chi connectivity index (χ0n) is 16.0. The third kappa shape index (κ3) is 6.06. The molecule has 1 aliphatic heterocycles. The molecule has 2 amide bonds. The molecule has 1 heterocycles. The van der Waals surface area contributed by atoms with Crippen LogP contribution in [0.4, 0.5) is 0 Å². The molecule has 0 aromatic heterocycles. The lowest BCUT2D eigenvalue weighted by atomic mass is 10.0. The fourth-order valence-corrected chi connectivity index (χ4v) is 3.23. The number of hydrogen-bond acceptors (Lipinski definition) is 4. The predicted octanol–water partition coefficient (Wildman–Crippen LogP) is 3.08. The van der Waals surface area contributed by atoms with E-state index in [0.29, 0.717) is 41.4 Å². The summed E-state index contributed by atoms with van der Waals surface area (Å²) in [5, 5.41) is 3.36. The topological polar surface area (TPSA) is 75.7 Å². The van der Waals surface area contributed by atoms with E-state index in [0.717, 1.165) is 19.4 Å². The average molecular weight is 415 g/mol. The SMILES string of the molecule is O=C(COc1ccc(C(=O)c2ccc(Cl)cc2)cc1)NCCCN1CCCC1=O. The molecule has 1 N–H and O–H groups in total. The second-order valence-corrected chi connectivity index (χ2v) is 7.27. The van der Waals surface area contributed by atoms with Gasteiger partial charge in [0, 0.05) is 42.2 Å². The Hall–Kier alpha value is -2.86. The van der Waals surface area contributed by atoms with Gasteiger partial charge in [-0.2, -0.15) is 0 Å². The van der Waals surface area contributed by atoms with E-state index >= 15 is 0 Å². The summed E-state index contributed by atoms with van der Waals surface area (Å²) >= 11 is 5.84. The summed E-state index contributed by atoms with van der Waals surface area (Å²) in [6.07, 6.45) is 2.27. The molecule has 1 aliphatic rings. The molecular formula is C22H23ClN2O4. The van der Waals surface area contributed by atoms with Gasteiger partial charge in [-0.05, 0) is 61.4 Å². The highest BCUT2D eigenvalue weighted by Gasteiger charge is 2.19. The zero-order chi connectivity index (χ0) is 20.6. The van der Waals surface area contributed by atoms with Crippen molar-refractivity contribution in [3.05, 3.63) is 64.7 Å². The number of benzene rings is 2. The van der Waals surface area contributed by atoms with Crippen LogP contribution in [-0.2, 0) is 9.59 Å². The van der Waals surface area contributed by atoms with Gasteiger partial charge in [0.2, 0.25) is 5.91 Å². The summed E-state index contributed by atoms with van der Waals surface area (Å²) in [6.45, 7) is 1.88. The van der Waals surface area contributed by atoms with Crippen LogP contribution in [0, 0.1) is 0 Å². The smallest absolute Gasteiger partial charge is 0.257 e. The van der Waals surface area contributed by atoms with Crippen molar-refractivity contribution in [2.75, 3.05) is 26.2 Å². The molecule has 1 saturated heterocycles. The van der Waals surface area contributed by atoms with Crippen molar-refractivity contribution < 1.29 is 19.1 Å². The maximum atomic E-state index is 12.4. The van der Waals surface area contributed by atoms with Gasteiger partial charge in [-0.15, -0.1) is 0 Å². The molecule has 0 unspecified atom stereocenters. The Morgan fingerprint density at radius 2 is 1.69 bits per heavy atom. The van der Waals surface area contributed by atoms with E-state index in [1.54, 1.807) is 48.5 Å². The number of halogens is 1. The Kier molecular flexibility index (Phi) is 7.25. The molecule has 152 valence electrons.